The normalized spacial score (nSPS) is 10.3. The van der Waals surface area contributed by atoms with Crippen LogP contribution in [0.25, 0.3) is 0 Å². The lowest BCUT2D eigenvalue weighted by Crippen LogP contribution is -2.31. The average molecular weight is 302 g/mol. The summed E-state index contributed by atoms with van der Waals surface area (Å²) in [5.41, 5.74) is 3.56. The number of pyridine rings is 1. The van der Waals surface area contributed by atoms with Gasteiger partial charge < -0.3 is 4.90 Å². The topological polar surface area (TPSA) is 33.2 Å². The molecule has 2 aromatic carbocycles. The molecular formula is C20H18N2O. The van der Waals surface area contributed by atoms with Crippen molar-refractivity contribution in [1.29, 1.82) is 0 Å². The molecule has 0 aliphatic heterocycles. The predicted molar refractivity (Wildman–Crippen MR) is 92.4 cm³/mol. The van der Waals surface area contributed by atoms with Gasteiger partial charge >= 0.3 is 0 Å². The van der Waals surface area contributed by atoms with Crippen molar-refractivity contribution in [3.63, 3.8) is 0 Å². The van der Waals surface area contributed by atoms with Gasteiger partial charge in [-0.25, -0.2) is 0 Å². The van der Waals surface area contributed by atoms with E-state index in [1.54, 1.807) is 17.2 Å². The highest BCUT2D eigenvalue weighted by atomic mass is 16.2. The van der Waals surface area contributed by atoms with E-state index in [-0.39, 0.29) is 5.91 Å². The third kappa shape index (κ3) is 3.64. The van der Waals surface area contributed by atoms with E-state index in [9.17, 15) is 4.79 Å². The highest BCUT2D eigenvalue weighted by Crippen LogP contribution is 2.20. The molecular weight excluding hydrogens is 284 g/mol. The molecule has 1 heterocycles. The summed E-state index contributed by atoms with van der Waals surface area (Å²) >= 11 is 0. The monoisotopic (exact) mass is 302 g/mol. The SMILES string of the molecule is Cc1ccc(N(Cc2ccccc2)C(=O)c2ccccn2)cc1. The first-order valence-electron chi connectivity index (χ1n) is 7.57. The molecule has 0 unspecified atom stereocenters. The molecule has 1 aromatic heterocycles. The van der Waals surface area contributed by atoms with Gasteiger partial charge in [0, 0.05) is 11.9 Å². The molecule has 3 rings (SSSR count). The number of anilines is 1. The van der Waals surface area contributed by atoms with Crippen LogP contribution in [0.1, 0.15) is 21.6 Å². The van der Waals surface area contributed by atoms with Crippen LogP contribution in [0.5, 0.6) is 0 Å². The van der Waals surface area contributed by atoms with Crippen LogP contribution < -0.4 is 4.90 Å². The largest absolute Gasteiger partial charge is 0.303 e. The lowest BCUT2D eigenvalue weighted by atomic mass is 10.1. The van der Waals surface area contributed by atoms with Crippen LogP contribution in [0.15, 0.2) is 79.0 Å². The molecule has 3 aromatic rings. The summed E-state index contributed by atoms with van der Waals surface area (Å²) in [5.74, 6) is -0.0988. The number of hydrogen-bond donors (Lipinski definition) is 0. The van der Waals surface area contributed by atoms with Crippen molar-refractivity contribution in [2.75, 3.05) is 4.90 Å². The highest BCUT2D eigenvalue weighted by Gasteiger charge is 2.19. The minimum absolute atomic E-state index is 0.0988. The number of carbonyl (C=O) groups excluding carboxylic acids is 1. The van der Waals surface area contributed by atoms with Crippen molar-refractivity contribution in [1.82, 2.24) is 4.98 Å². The van der Waals surface area contributed by atoms with Crippen molar-refractivity contribution in [3.05, 3.63) is 95.8 Å². The lowest BCUT2D eigenvalue weighted by Gasteiger charge is -2.23. The second-order valence-corrected chi connectivity index (χ2v) is 5.43. The third-order valence-corrected chi connectivity index (χ3v) is 3.66. The Morgan fingerprint density at radius 3 is 2.26 bits per heavy atom. The van der Waals surface area contributed by atoms with Crippen LogP contribution in [0.2, 0.25) is 0 Å². The number of hydrogen-bond acceptors (Lipinski definition) is 2. The third-order valence-electron chi connectivity index (χ3n) is 3.66. The fourth-order valence-electron chi connectivity index (χ4n) is 2.40. The Bertz CT molecular complexity index is 768. The first-order valence-corrected chi connectivity index (χ1v) is 7.57. The maximum atomic E-state index is 12.9. The van der Waals surface area contributed by atoms with Crippen molar-refractivity contribution < 1.29 is 4.79 Å². The number of benzene rings is 2. The summed E-state index contributed by atoms with van der Waals surface area (Å²) in [4.78, 5) is 18.9. The Hall–Kier alpha value is -2.94. The zero-order chi connectivity index (χ0) is 16.1. The van der Waals surface area contributed by atoms with Gasteiger partial charge in [0.05, 0.1) is 6.54 Å². The number of amides is 1. The van der Waals surface area contributed by atoms with Gasteiger partial charge in [0.25, 0.3) is 5.91 Å². The molecule has 0 aliphatic carbocycles. The summed E-state index contributed by atoms with van der Waals surface area (Å²) < 4.78 is 0. The van der Waals surface area contributed by atoms with Gasteiger partial charge in [0.2, 0.25) is 0 Å². The molecule has 0 atom stereocenters. The molecule has 0 saturated carbocycles. The molecule has 3 heteroatoms. The number of aryl methyl sites for hydroxylation is 1. The Kier molecular flexibility index (Phi) is 4.48. The number of aromatic nitrogens is 1. The standard InChI is InChI=1S/C20H18N2O/c1-16-10-12-18(13-11-16)22(15-17-7-3-2-4-8-17)20(23)19-9-5-6-14-21-19/h2-14H,15H2,1H3. The fraction of sp³-hybridized carbons (Fsp3) is 0.100. The highest BCUT2D eigenvalue weighted by molar-refractivity contribution is 6.04. The second kappa shape index (κ2) is 6.88. The predicted octanol–water partition coefficient (Wildman–Crippen LogP) is 4.24. The van der Waals surface area contributed by atoms with E-state index in [1.165, 1.54) is 5.56 Å². The minimum Gasteiger partial charge on any atom is -0.303 e. The molecule has 23 heavy (non-hydrogen) atoms. The molecule has 0 spiro atoms. The molecule has 114 valence electrons. The van der Waals surface area contributed by atoms with Gasteiger partial charge in [-0.05, 0) is 36.8 Å². The Balaban J connectivity index is 1.96. The Morgan fingerprint density at radius 2 is 1.61 bits per heavy atom. The van der Waals surface area contributed by atoms with Crippen molar-refractivity contribution in [3.8, 4) is 0 Å². The van der Waals surface area contributed by atoms with E-state index in [1.807, 2.05) is 73.7 Å². The first kappa shape index (κ1) is 15.0. The number of nitrogens with zero attached hydrogens (tertiary/aromatic N) is 2. The van der Waals surface area contributed by atoms with Crippen LogP contribution in [0.4, 0.5) is 5.69 Å². The minimum atomic E-state index is -0.0988. The summed E-state index contributed by atoms with van der Waals surface area (Å²) in [6.45, 7) is 2.55. The van der Waals surface area contributed by atoms with Crippen LogP contribution >= 0.6 is 0 Å². The zero-order valence-corrected chi connectivity index (χ0v) is 13.0. The lowest BCUT2D eigenvalue weighted by molar-refractivity contribution is 0.0980. The van der Waals surface area contributed by atoms with Gasteiger partial charge in [0.15, 0.2) is 0 Å². The average Bonchev–Trinajstić information content (AvgIpc) is 2.62. The fourth-order valence-corrected chi connectivity index (χ4v) is 2.40. The molecule has 0 bridgehead atoms. The van der Waals surface area contributed by atoms with Crippen molar-refractivity contribution in [2.24, 2.45) is 0 Å². The molecule has 0 radical (unpaired) electrons. The molecule has 0 aliphatic rings. The maximum absolute atomic E-state index is 12.9. The summed E-state index contributed by atoms with van der Waals surface area (Å²) in [5, 5.41) is 0. The van der Waals surface area contributed by atoms with E-state index in [2.05, 4.69) is 4.98 Å². The molecule has 3 nitrogen and oxygen atoms in total. The first-order chi connectivity index (χ1) is 11.2. The molecule has 0 fully saturated rings. The quantitative estimate of drug-likeness (QED) is 0.722. The smallest absolute Gasteiger partial charge is 0.277 e. The number of rotatable bonds is 4. The molecule has 0 saturated heterocycles. The van der Waals surface area contributed by atoms with E-state index < -0.39 is 0 Å². The van der Waals surface area contributed by atoms with Crippen molar-refractivity contribution in [2.45, 2.75) is 13.5 Å². The van der Waals surface area contributed by atoms with Gasteiger partial charge in [-0.2, -0.15) is 0 Å². The maximum Gasteiger partial charge on any atom is 0.277 e. The van der Waals surface area contributed by atoms with Crippen LogP contribution in [-0.4, -0.2) is 10.9 Å². The van der Waals surface area contributed by atoms with Crippen molar-refractivity contribution >= 4 is 11.6 Å². The van der Waals surface area contributed by atoms with Crippen LogP contribution in [0.3, 0.4) is 0 Å². The Labute approximate surface area is 136 Å². The second-order valence-electron chi connectivity index (χ2n) is 5.43. The Morgan fingerprint density at radius 1 is 0.913 bits per heavy atom. The van der Waals surface area contributed by atoms with E-state index in [0.717, 1.165) is 11.3 Å². The number of carbonyl (C=O) groups is 1. The summed E-state index contributed by atoms with van der Waals surface area (Å²) in [6, 6.07) is 23.3. The van der Waals surface area contributed by atoms with Gasteiger partial charge in [0.1, 0.15) is 5.69 Å². The molecule has 1 amide bonds. The zero-order valence-electron chi connectivity index (χ0n) is 13.0. The summed E-state index contributed by atoms with van der Waals surface area (Å²) in [7, 11) is 0. The van der Waals surface area contributed by atoms with E-state index >= 15 is 0 Å². The van der Waals surface area contributed by atoms with Gasteiger partial charge in [-0.1, -0.05) is 54.1 Å². The van der Waals surface area contributed by atoms with E-state index in [4.69, 9.17) is 0 Å². The summed E-state index contributed by atoms with van der Waals surface area (Å²) in [6.07, 6.45) is 1.64. The van der Waals surface area contributed by atoms with Gasteiger partial charge in [-0.15, -0.1) is 0 Å². The van der Waals surface area contributed by atoms with Crippen LogP contribution in [0, 0.1) is 6.92 Å². The van der Waals surface area contributed by atoms with Gasteiger partial charge in [-0.3, -0.25) is 9.78 Å². The van der Waals surface area contributed by atoms with Crippen LogP contribution in [-0.2, 0) is 6.54 Å². The van der Waals surface area contributed by atoms with E-state index in [0.29, 0.717) is 12.2 Å². The molecule has 0 N–H and O–H groups in total.